The van der Waals surface area contributed by atoms with Gasteiger partial charge in [-0.05, 0) is 42.2 Å². The van der Waals surface area contributed by atoms with E-state index in [-0.39, 0.29) is 11.8 Å². The molecule has 0 bridgehead atoms. The van der Waals surface area contributed by atoms with Crippen LogP contribution in [0.3, 0.4) is 0 Å². The third kappa shape index (κ3) is 3.65. The van der Waals surface area contributed by atoms with E-state index in [2.05, 4.69) is 5.32 Å². The number of hydrogen-bond donors (Lipinski definition) is 1. The van der Waals surface area contributed by atoms with Crippen molar-refractivity contribution < 1.29 is 14.3 Å². The lowest BCUT2D eigenvalue weighted by Gasteiger charge is -2.20. The zero-order valence-electron chi connectivity index (χ0n) is 13.5. The van der Waals surface area contributed by atoms with Gasteiger partial charge in [0.25, 0.3) is 0 Å². The summed E-state index contributed by atoms with van der Waals surface area (Å²) in [5.74, 6) is 1.66. The Morgan fingerprint density at radius 1 is 1.13 bits per heavy atom. The molecular formula is C19H21NO3. The molecule has 120 valence electrons. The number of hydrogen-bond acceptors (Lipinski definition) is 3. The van der Waals surface area contributed by atoms with Gasteiger partial charge >= 0.3 is 0 Å². The lowest BCUT2D eigenvalue weighted by molar-refractivity contribution is -0.116. The maximum Gasteiger partial charge on any atom is 0.224 e. The smallest absolute Gasteiger partial charge is 0.224 e. The van der Waals surface area contributed by atoms with Gasteiger partial charge in [0.05, 0.1) is 0 Å². The van der Waals surface area contributed by atoms with Gasteiger partial charge in [-0.15, -0.1) is 0 Å². The van der Waals surface area contributed by atoms with Crippen LogP contribution in [0, 0.1) is 6.92 Å². The summed E-state index contributed by atoms with van der Waals surface area (Å²) in [7, 11) is 0. The fraction of sp³-hybridized carbons (Fsp3) is 0.316. The van der Waals surface area contributed by atoms with E-state index in [1.54, 1.807) is 0 Å². The Bertz CT molecular complexity index is 712. The number of amides is 1. The first kappa shape index (κ1) is 15.4. The zero-order chi connectivity index (χ0) is 16.2. The number of rotatable bonds is 4. The van der Waals surface area contributed by atoms with Crippen LogP contribution in [-0.2, 0) is 4.79 Å². The third-order valence-electron chi connectivity index (χ3n) is 4.05. The van der Waals surface area contributed by atoms with E-state index < -0.39 is 0 Å². The number of anilines is 1. The fourth-order valence-corrected chi connectivity index (χ4v) is 2.68. The Hall–Kier alpha value is -2.49. The van der Waals surface area contributed by atoms with Crippen molar-refractivity contribution in [3.63, 3.8) is 0 Å². The Morgan fingerprint density at radius 3 is 2.65 bits per heavy atom. The number of carbonyl (C=O) groups is 1. The molecule has 1 heterocycles. The monoisotopic (exact) mass is 311 g/mol. The summed E-state index contributed by atoms with van der Waals surface area (Å²) in [6.45, 7) is 5.18. The van der Waals surface area contributed by atoms with Crippen LogP contribution in [-0.4, -0.2) is 19.1 Å². The second-order valence-corrected chi connectivity index (χ2v) is 5.87. The topological polar surface area (TPSA) is 47.6 Å². The maximum absolute atomic E-state index is 12.3. The van der Waals surface area contributed by atoms with Gasteiger partial charge in [0.1, 0.15) is 13.2 Å². The van der Waals surface area contributed by atoms with Gasteiger partial charge < -0.3 is 14.8 Å². The molecule has 0 spiro atoms. The average molecular weight is 311 g/mol. The molecule has 2 aromatic rings. The highest BCUT2D eigenvalue weighted by molar-refractivity contribution is 5.91. The summed E-state index contributed by atoms with van der Waals surface area (Å²) >= 11 is 0. The molecule has 1 N–H and O–H groups in total. The minimum atomic E-state index is 0.0155. The van der Waals surface area contributed by atoms with Crippen LogP contribution in [0.4, 0.5) is 5.69 Å². The van der Waals surface area contributed by atoms with E-state index in [0.29, 0.717) is 19.6 Å². The summed E-state index contributed by atoms with van der Waals surface area (Å²) in [6.07, 6.45) is 0.425. The molecule has 4 nitrogen and oxygen atoms in total. The number of aryl methyl sites for hydroxylation is 1. The normalized spacial score (nSPS) is 14.2. The minimum absolute atomic E-state index is 0.0155. The van der Waals surface area contributed by atoms with Gasteiger partial charge in [-0.2, -0.15) is 0 Å². The van der Waals surface area contributed by atoms with Gasteiger partial charge in [0.2, 0.25) is 5.91 Å². The molecule has 0 aliphatic carbocycles. The Labute approximate surface area is 136 Å². The lowest BCUT2D eigenvalue weighted by Crippen LogP contribution is -2.17. The van der Waals surface area contributed by atoms with E-state index in [9.17, 15) is 4.79 Å². The SMILES string of the molecule is Cc1ccccc1NC(=O)CC(C)c1ccc2c(c1)OCCO2. The third-order valence-corrected chi connectivity index (χ3v) is 4.05. The van der Waals surface area contributed by atoms with Crippen LogP contribution >= 0.6 is 0 Å². The summed E-state index contributed by atoms with van der Waals surface area (Å²) in [5.41, 5.74) is 3.01. The van der Waals surface area contributed by atoms with Crippen molar-refractivity contribution in [2.75, 3.05) is 18.5 Å². The highest BCUT2D eigenvalue weighted by Crippen LogP contribution is 2.34. The second kappa shape index (κ2) is 6.73. The molecular weight excluding hydrogens is 290 g/mol. The van der Waals surface area contributed by atoms with Crippen molar-refractivity contribution in [1.82, 2.24) is 0 Å². The van der Waals surface area contributed by atoms with Crippen LogP contribution in [0.1, 0.15) is 30.4 Å². The number of benzene rings is 2. The molecule has 0 saturated carbocycles. The largest absolute Gasteiger partial charge is 0.486 e. The standard InChI is InChI=1S/C19H21NO3/c1-13-5-3-4-6-16(13)20-19(21)11-14(2)15-7-8-17-18(12-15)23-10-9-22-17/h3-8,12,14H,9-11H2,1-2H3,(H,20,21). The fourth-order valence-electron chi connectivity index (χ4n) is 2.68. The summed E-state index contributed by atoms with van der Waals surface area (Å²) < 4.78 is 11.1. The first-order valence-electron chi connectivity index (χ1n) is 7.88. The highest BCUT2D eigenvalue weighted by atomic mass is 16.6. The number of carbonyl (C=O) groups excluding carboxylic acids is 1. The number of nitrogens with one attached hydrogen (secondary N) is 1. The van der Waals surface area contributed by atoms with Crippen molar-refractivity contribution in [2.24, 2.45) is 0 Å². The Morgan fingerprint density at radius 2 is 1.87 bits per heavy atom. The molecule has 1 aliphatic heterocycles. The predicted octanol–water partition coefficient (Wildman–Crippen LogP) is 3.90. The molecule has 2 aromatic carbocycles. The predicted molar refractivity (Wildman–Crippen MR) is 90.3 cm³/mol. The molecule has 0 fully saturated rings. The van der Waals surface area contributed by atoms with Crippen molar-refractivity contribution >= 4 is 11.6 Å². The molecule has 1 aliphatic rings. The lowest BCUT2D eigenvalue weighted by atomic mass is 9.97. The van der Waals surface area contributed by atoms with E-state index in [0.717, 1.165) is 28.3 Å². The van der Waals surface area contributed by atoms with E-state index in [1.807, 2.05) is 56.3 Å². The molecule has 3 rings (SSSR count). The van der Waals surface area contributed by atoms with Crippen LogP contribution < -0.4 is 14.8 Å². The first-order valence-corrected chi connectivity index (χ1v) is 7.88. The van der Waals surface area contributed by atoms with E-state index >= 15 is 0 Å². The van der Waals surface area contributed by atoms with Crippen LogP contribution in [0.15, 0.2) is 42.5 Å². The average Bonchev–Trinajstić information content (AvgIpc) is 2.56. The van der Waals surface area contributed by atoms with Gasteiger partial charge in [0.15, 0.2) is 11.5 Å². The summed E-state index contributed by atoms with van der Waals surface area (Å²) in [4.78, 5) is 12.3. The Balaban J connectivity index is 1.65. The van der Waals surface area contributed by atoms with Gasteiger partial charge in [-0.1, -0.05) is 31.2 Å². The molecule has 23 heavy (non-hydrogen) atoms. The zero-order valence-corrected chi connectivity index (χ0v) is 13.5. The van der Waals surface area contributed by atoms with Crippen LogP contribution in [0.25, 0.3) is 0 Å². The maximum atomic E-state index is 12.3. The molecule has 0 aromatic heterocycles. The molecule has 1 amide bonds. The van der Waals surface area contributed by atoms with E-state index in [1.165, 1.54) is 0 Å². The summed E-state index contributed by atoms with van der Waals surface area (Å²) in [6, 6.07) is 13.7. The van der Waals surface area contributed by atoms with Crippen molar-refractivity contribution in [3.05, 3.63) is 53.6 Å². The van der Waals surface area contributed by atoms with Gasteiger partial charge in [-0.25, -0.2) is 0 Å². The van der Waals surface area contributed by atoms with Crippen molar-refractivity contribution in [1.29, 1.82) is 0 Å². The van der Waals surface area contributed by atoms with Crippen molar-refractivity contribution in [3.8, 4) is 11.5 Å². The molecule has 0 radical (unpaired) electrons. The molecule has 1 atom stereocenters. The highest BCUT2D eigenvalue weighted by Gasteiger charge is 2.17. The number of ether oxygens (including phenoxy) is 2. The first-order chi connectivity index (χ1) is 11.1. The van der Waals surface area contributed by atoms with Crippen LogP contribution in [0.5, 0.6) is 11.5 Å². The number of para-hydroxylation sites is 1. The summed E-state index contributed by atoms with van der Waals surface area (Å²) in [5, 5.41) is 2.98. The van der Waals surface area contributed by atoms with Gasteiger partial charge in [0, 0.05) is 12.1 Å². The molecule has 1 unspecified atom stereocenters. The quantitative estimate of drug-likeness (QED) is 0.931. The molecule has 0 saturated heterocycles. The minimum Gasteiger partial charge on any atom is -0.486 e. The second-order valence-electron chi connectivity index (χ2n) is 5.87. The van der Waals surface area contributed by atoms with Gasteiger partial charge in [-0.3, -0.25) is 4.79 Å². The number of fused-ring (bicyclic) bond motifs is 1. The Kier molecular flexibility index (Phi) is 4.51. The van der Waals surface area contributed by atoms with Crippen molar-refractivity contribution in [2.45, 2.75) is 26.2 Å². The molecule has 4 heteroatoms. The van der Waals surface area contributed by atoms with Crippen LogP contribution in [0.2, 0.25) is 0 Å². The van der Waals surface area contributed by atoms with E-state index in [4.69, 9.17) is 9.47 Å².